The predicted octanol–water partition coefficient (Wildman–Crippen LogP) is 0.285. The monoisotopic (exact) mass is 228 g/mol. The van der Waals surface area contributed by atoms with Gasteiger partial charge in [0.15, 0.2) is 11.6 Å². The van der Waals surface area contributed by atoms with Gasteiger partial charge in [0, 0.05) is 6.07 Å². The molecule has 0 spiro atoms. The van der Waals surface area contributed by atoms with E-state index in [1.807, 2.05) is 4.72 Å². The number of aromatic nitrogens is 2. The van der Waals surface area contributed by atoms with Crippen molar-refractivity contribution >= 4 is 16.0 Å². The lowest BCUT2D eigenvalue weighted by Gasteiger charge is -1.95. The zero-order chi connectivity index (χ0) is 10.9. The molecule has 0 amide bonds. The van der Waals surface area contributed by atoms with Crippen LogP contribution in [0.5, 0.6) is 0 Å². The predicted molar refractivity (Wildman–Crippen MR) is 53.0 cm³/mol. The molecule has 0 aliphatic carbocycles. The van der Waals surface area contributed by atoms with E-state index in [-0.39, 0.29) is 5.82 Å². The maximum absolute atomic E-state index is 10.7. The van der Waals surface area contributed by atoms with E-state index in [0.29, 0.717) is 11.5 Å². The number of nitrogens with zero attached hydrogens (tertiary/aromatic N) is 1. The van der Waals surface area contributed by atoms with Crippen LogP contribution in [-0.4, -0.2) is 18.6 Å². The lowest BCUT2D eigenvalue weighted by atomic mass is 10.3. The molecule has 2 aromatic heterocycles. The Kier molecular flexibility index (Phi) is 2.21. The molecule has 0 atom stereocenters. The second-order valence-electron chi connectivity index (χ2n) is 2.79. The summed E-state index contributed by atoms with van der Waals surface area (Å²) in [6.07, 6.45) is 1.50. The summed E-state index contributed by atoms with van der Waals surface area (Å²) >= 11 is 0. The Labute approximate surface area is 85.5 Å². The number of H-pyrrole nitrogens is 1. The Bertz CT molecular complexity index is 543. The number of nitrogens with one attached hydrogen (secondary N) is 2. The quantitative estimate of drug-likeness (QED) is 0.700. The first-order chi connectivity index (χ1) is 7.04. The molecule has 0 radical (unpaired) electrons. The average Bonchev–Trinajstić information content (AvgIpc) is 2.68. The molecule has 0 saturated heterocycles. The summed E-state index contributed by atoms with van der Waals surface area (Å²) < 4.78 is 28.5. The number of nitrogens with two attached hydrogens (primary N) is 1. The lowest BCUT2D eigenvalue weighted by Crippen LogP contribution is -2.21. The molecular formula is C7H8N4O3S. The van der Waals surface area contributed by atoms with E-state index in [0.717, 1.165) is 0 Å². The molecule has 7 nitrogen and oxygen atoms in total. The van der Waals surface area contributed by atoms with Crippen LogP contribution in [0.1, 0.15) is 0 Å². The van der Waals surface area contributed by atoms with E-state index in [1.165, 1.54) is 12.3 Å². The van der Waals surface area contributed by atoms with Gasteiger partial charge in [-0.2, -0.15) is 13.5 Å². The SMILES string of the molecule is NS(=O)(=O)Nc1cc(-c2ccco2)[nH]n1. The Morgan fingerprint density at radius 3 is 2.93 bits per heavy atom. The van der Waals surface area contributed by atoms with Crippen molar-refractivity contribution in [3.8, 4) is 11.5 Å². The molecule has 2 rings (SSSR count). The zero-order valence-corrected chi connectivity index (χ0v) is 8.28. The van der Waals surface area contributed by atoms with Crippen LogP contribution >= 0.6 is 0 Å². The first-order valence-corrected chi connectivity index (χ1v) is 5.49. The summed E-state index contributed by atoms with van der Waals surface area (Å²) in [5.74, 6) is 0.675. The van der Waals surface area contributed by atoms with Gasteiger partial charge in [-0.15, -0.1) is 0 Å². The largest absolute Gasteiger partial charge is 0.463 e. The minimum Gasteiger partial charge on any atom is -0.463 e. The van der Waals surface area contributed by atoms with Crippen molar-refractivity contribution in [2.75, 3.05) is 4.72 Å². The maximum atomic E-state index is 10.7. The summed E-state index contributed by atoms with van der Waals surface area (Å²) in [6.45, 7) is 0. The Morgan fingerprint density at radius 2 is 2.33 bits per heavy atom. The fourth-order valence-electron chi connectivity index (χ4n) is 1.08. The van der Waals surface area contributed by atoms with Gasteiger partial charge < -0.3 is 4.42 Å². The molecule has 0 aliphatic rings. The van der Waals surface area contributed by atoms with Crippen molar-refractivity contribution in [2.45, 2.75) is 0 Å². The van der Waals surface area contributed by atoms with Crippen molar-refractivity contribution in [1.29, 1.82) is 0 Å². The molecule has 0 unspecified atom stereocenters. The second kappa shape index (κ2) is 3.41. The third-order valence-corrected chi connectivity index (χ3v) is 2.10. The fourth-order valence-corrected chi connectivity index (χ4v) is 1.47. The third kappa shape index (κ3) is 2.36. The molecule has 8 heteroatoms. The van der Waals surface area contributed by atoms with Crippen LogP contribution < -0.4 is 9.86 Å². The highest BCUT2D eigenvalue weighted by Crippen LogP contribution is 2.19. The number of hydrogen-bond donors (Lipinski definition) is 3. The van der Waals surface area contributed by atoms with Gasteiger partial charge in [-0.3, -0.25) is 9.82 Å². The number of aromatic amines is 1. The van der Waals surface area contributed by atoms with Gasteiger partial charge in [0.25, 0.3) is 10.2 Å². The van der Waals surface area contributed by atoms with Crippen molar-refractivity contribution in [3.05, 3.63) is 24.5 Å². The van der Waals surface area contributed by atoms with Crippen molar-refractivity contribution in [1.82, 2.24) is 10.2 Å². The molecule has 0 aliphatic heterocycles. The molecule has 0 aromatic carbocycles. The van der Waals surface area contributed by atoms with E-state index >= 15 is 0 Å². The van der Waals surface area contributed by atoms with E-state index < -0.39 is 10.2 Å². The Hall–Kier alpha value is -1.80. The molecule has 0 bridgehead atoms. The molecule has 2 heterocycles. The molecular weight excluding hydrogens is 220 g/mol. The maximum Gasteiger partial charge on any atom is 0.297 e. The van der Waals surface area contributed by atoms with Gasteiger partial charge in [-0.1, -0.05) is 0 Å². The van der Waals surface area contributed by atoms with Crippen LogP contribution in [0.2, 0.25) is 0 Å². The van der Waals surface area contributed by atoms with Crippen LogP contribution in [0.25, 0.3) is 11.5 Å². The summed E-state index contributed by atoms with van der Waals surface area (Å²) in [5, 5.41) is 11.1. The average molecular weight is 228 g/mol. The number of furan rings is 1. The van der Waals surface area contributed by atoms with Crippen LogP contribution in [0.3, 0.4) is 0 Å². The smallest absolute Gasteiger partial charge is 0.297 e. The summed E-state index contributed by atoms with van der Waals surface area (Å²) in [4.78, 5) is 0. The van der Waals surface area contributed by atoms with Gasteiger partial charge in [0.05, 0.1) is 6.26 Å². The fraction of sp³-hybridized carbons (Fsp3) is 0. The number of rotatable bonds is 3. The third-order valence-electron chi connectivity index (χ3n) is 1.61. The Morgan fingerprint density at radius 1 is 1.53 bits per heavy atom. The van der Waals surface area contributed by atoms with Crippen molar-refractivity contribution in [2.24, 2.45) is 5.14 Å². The van der Waals surface area contributed by atoms with E-state index in [9.17, 15) is 8.42 Å². The van der Waals surface area contributed by atoms with Crippen LogP contribution in [-0.2, 0) is 10.2 Å². The van der Waals surface area contributed by atoms with Gasteiger partial charge in [0.1, 0.15) is 5.69 Å². The Balaban J connectivity index is 2.25. The highest BCUT2D eigenvalue weighted by molar-refractivity contribution is 7.90. The second-order valence-corrected chi connectivity index (χ2v) is 4.09. The molecule has 2 aromatic rings. The highest BCUT2D eigenvalue weighted by Gasteiger charge is 2.08. The summed E-state index contributed by atoms with van der Waals surface area (Å²) in [7, 11) is -3.80. The molecule has 0 fully saturated rings. The lowest BCUT2D eigenvalue weighted by molar-refractivity contribution is 0.580. The highest BCUT2D eigenvalue weighted by atomic mass is 32.2. The normalized spacial score (nSPS) is 11.5. The first kappa shape index (κ1) is 9.74. The standard InChI is InChI=1S/C7H8N4O3S/c8-15(12,13)11-7-4-5(9-10-7)6-2-1-3-14-6/h1-4H,(H2,8,12,13)(H2,9,10,11). The molecule has 0 saturated carbocycles. The van der Waals surface area contributed by atoms with Gasteiger partial charge in [0.2, 0.25) is 0 Å². The molecule has 80 valence electrons. The van der Waals surface area contributed by atoms with E-state index in [2.05, 4.69) is 10.2 Å². The van der Waals surface area contributed by atoms with Gasteiger partial charge in [-0.05, 0) is 12.1 Å². The first-order valence-electron chi connectivity index (χ1n) is 3.94. The number of hydrogen-bond acceptors (Lipinski definition) is 4. The summed E-state index contributed by atoms with van der Waals surface area (Å²) in [6, 6.07) is 4.90. The molecule has 15 heavy (non-hydrogen) atoms. The minimum absolute atomic E-state index is 0.115. The minimum atomic E-state index is -3.80. The van der Waals surface area contributed by atoms with Crippen LogP contribution in [0, 0.1) is 0 Å². The van der Waals surface area contributed by atoms with Gasteiger partial charge >= 0.3 is 0 Å². The number of anilines is 1. The zero-order valence-electron chi connectivity index (χ0n) is 7.47. The van der Waals surface area contributed by atoms with Crippen LogP contribution in [0.4, 0.5) is 5.82 Å². The van der Waals surface area contributed by atoms with Crippen molar-refractivity contribution < 1.29 is 12.8 Å². The molecule has 4 N–H and O–H groups in total. The summed E-state index contributed by atoms with van der Waals surface area (Å²) in [5.41, 5.74) is 0.561. The van der Waals surface area contributed by atoms with E-state index in [4.69, 9.17) is 9.56 Å². The van der Waals surface area contributed by atoms with Crippen LogP contribution in [0.15, 0.2) is 28.9 Å². The van der Waals surface area contributed by atoms with E-state index in [1.54, 1.807) is 12.1 Å². The topological polar surface area (TPSA) is 114 Å². The van der Waals surface area contributed by atoms with Crippen molar-refractivity contribution in [3.63, 3.8) is 0 Å². The van der Waals surface area contributed by atoms with Gasteiger partial charge in [-0.25, -0.2) is 5.14 Å².